The van der Waals surface area contributed by atoms with E-state index in [9.17, 15) is 48.9 Å². The van der Waals surface area contributed by atoms with Crippen molar-refractivity contribution < 1.29 is 72.9 Å². The molecule has 638 valence electrons. The molecule has 7 heterocycles. The van der Waals surface area contributed by atoms with Gasteiger partial charge in [0.05, 0.1) is 19.0 Å². The van der Waals surface area contributed by atoms with Crippen LogP contribution in [0.15, 0.2) is 159 Å². The van der Waals surface area contributed by atoms with Crippen molar-refractivity contribution in [2.24, 2.45) is 17.4 Å². The number of phenolic OH excluding ortho intramolecular Hbond substituents is 1. The SMILES string of the molecule is CC(C)C[C@H](NC(=O)[C@H](Cc1c[nH]c2ccccc12)NC(=O)[C@H](Cc1c[nH]c2ccccc12)NC(=O)[C@H](Cc1c[nH]c2ccccc12)NC(=O)[C@H](Cc1cnc[nH]1)NC(=O)[C@H](CCCCN)NC(=O)[C@H](CO)NC(=O)[C@@H]1CCCN1C(=O)[C@H](Cc1c[nH]c2ccccc12)NC(=O)[C@@H](N)Cc1ccc(O)cc1)C(=O)N[C@@H](C)C(=O)N1CCC[C@H]1C(=O)O. The van der Waals surface area contributed by atoms with E-state index in [4.69, 9.17) is 11.5 Å². The average molecular weight is 1660 g/mol. The van der Waals surface area contributed by atoms with E-state index in [1.165, 1.54) is 41.4 Å². The predicted molar refractivity (Wildman–Crippen MR) is 450 cm³/mol. The molecule has 12 atom stereocenters. The maximum absolute atomic E-state index is 15.8. The van der Waals surface area contributed by atoms with Crippen LogP contribution in [-0.4, -0.2) is 225 Å². The van der Waals surface area contributed by atoms with Crippen molar-refractivity contribution in [2.45, 2.75) is 183 Å². The van der Waals surface area contributed by atoms with Crippen molar-refractivity contribution in [3.05, 3.63) is 192 Å². The number of imidazole rings is 1. The number of amides is 11. The summed E-state index contributed by atoms with van der Waals surface area (Å²) in [6.45, 7) is 4.56. The number of aliphatic hydroxyl groups is 1. The van der Waals surface area contributed by atoms with Crippen molar-refractivity contribution in [1.29, 1.82) is 0 Å². The number of aromatic hydroxyl groups is 1. The first-order chi connectivity index (χ1) is 58.3. The molecule has 2 fully saturated rings. The summed E-state index contributed by atoms with van der Waals surface area (Å²) in [7, 11) is 0. The molecule has 0 spiro atoms. The van der Waals surface area contributed by atoms with Crippen LogP contribution in [0, 0.1) is 5.92 Å². The Morgan fingerprint density at radius 2 is 0.860 bits per heavy atom. The molecule has 34 heteroatoms. The molecule has 10 aromatic rings. The maximum atomic E-state index is 15.8. The number of nitrogens with zero attached hydrogens (tertiary/aromatic N) is 3. The number of aliphatic carboxylic acids is 1. The molecule has 11 amide bonds. The number of unbranched alkanes of at least 4 members (excludes halogenated alkanes) is 1. The van der Waals surface area contributed by atoms with Crippen molar-refractivity contribution in [2.75, 3.05) is 26.2 Å². The molecule has 2 aliphatic heterocycles. The van der Waals surface area contributed by atoms with Gasteiger partial charge < -0.3 is 109 Å². The van der Waals surface area contributed by atoms with Gasteiger partial charge in [-0.3, -0.25) is 52.7 Å². The Hall–Kier alpha value is -13.2. The van der Waals surface area contributed by atoms with Crippen molar-refractivity contribution in [3.8, 4) is 5.75 Å². The first kappa shape index (κ1) is 87.1. The minimum absolute atomic E-state index is 0.0131. The van der Waals surface area contributed by atoms with Crippen LogP contribution in [-0.2, 0) is 96.1 Å². The Balaban J connectivity index is 0.789. The Morgan fingerprint density at radius 3 is 1.31 bits per heavy atom. The molecule has 0 unspecified atom stereocenters. The first-order valence-electron chi connectivity index (χ1n) is 40.9. The smallest absolute Gasteiger partial charge is 0.326 e. The average Bonchev–Trinajstić information content (AvgIpc) is 1.71. The number of para-hydroxylation sites is 4. The maximum Gasteiger partial charge on any atom is 0.326 e. The fraction of sp³-hybridized carbons (Fsp3) is 0.391. The second kappa shape index (κ2) is 40.5. The largest absolute Gasteiger partial charge is 0.508 e. The molecule has 0 radical (unpaired) electrons. The van der Waals surface area contributed by atoms with Gasteiger partial charge in [-0.1, -0.05) is 98.8 Å². The molecule has 0 bridgehead atoms. The molecule has 0 aliphatic carbocycles. The summed E-state index contributed by atoms with van der Waals surface area (Å²) in [6.07, 6.45) is 10.5. The molecular weight excluding hydrogens is 1550 g/mol. The van der Waals surface area contributed by atoms with E-state index in [0.29, 0.717) is 74.6 Å². The lowest BCUT2D eigenvalue weighted by Gasteiger charge is -2.30. The van der Waals surface area contributed by atoms with Crippen molar-refractivity contribution in [1.82, 2.24) is 87.6 Å². The monoisotopic (exact) mass is 1660 g/mol. The third-order valence-electron chi connectivity index (χ3n) is 22.4. The number of aliphatic hydroxyl groups excluding tert-OH is 1. The molecular formula is C87H105N19O15. The van der Waals surface area contributed by atoms with Crippen LogP contribution in [0.4, 0.5) is 0 Å². The van der Waals surface area contributed by atoms with E-state index < -0.39 is 150 Å². The highest BCUT2D eigenvalue weighted by Gasteiger charge is 2.43. The highest BCUT2D eigenvalue weighted by atomic mass is 16.4. The summed E-state index contributed by atoms with van der Waals surface area (Å²) in [5.41, 5.74) is 18.7. The molecule has 5 aromatic carbocycles. The molecule has 5 aromatic heterocycles. The normalized spacial score (nSPS) is 16.6. The molecule has 2 saturated heterocycles. The van der Waals surface area contributed by atoms with Gasteiger partial charge in [0.25, 0.3) is 0 Å². The van der Waals surface area contributed by atoms with Crippen LogP contribution in [0.5, 0.6) is 5.75 Å². The van der Waals surface area contributed by atoms with Gasteiger partial charge >= 0.3 is 5.97 Å². The van der Waals surface area contributed by atoms with Crippen molar-refractivity contribution in [3.63, 3.8) is 0 Å². The van der Waals surface area contributed by atoms with Gasteiger partial charge in [0.15, 0.2) is 0 Å². The number of carboxylic acids is 1. The van der Waals surface area contributed by atoms with E-state index in [1.54, 1.807) is 49.1 Å². The number of aromatic amines is 5. The van der Waals surface area contributed by atoms with E-state index in [0.717, 1.165) is 21.8 Å². The van der Waals surface area contributed by atoms with Gasteiger partial charge in [0.1, 0.15) is 72.2 Å². The van der Waals surface area contributed by atoms with Crippen LogP contribution in [0.3, 0.4) is 0 Å². The van der Waals surface area contributed by atoms with E-state index in [-0.39, 0.29) is 102 Å². The number of H-pyrrole nitrogens is 5. The molecule has 34 nitrogen and oxygen atoms in total. The quantitative estimate of drug-likeness (QED) is 0.0246. The first-order valence-corrected chi connectivity index (χ1v) is 40.9. The third-order valence-corrected chi connectivity index (χ3v) is 22.4. The van der Waals surface area contributed by atoms with E-state index in [2.05, 4.69) is 77.8 Å². The van der Waals surface area contributed by atoms with Crippen molar-refractivity contribution >= 4 is 115 Å². The minimum atomic E-state index is -1.71. The Kier molecular flexibility index (Phi) is 29.2. The summed E-state index contributed by atoms with van der Waals surface area (Å²) in [4.78, 5) is 198. The van der Waals surface area contributed by atoms with E-state index in [1.807, 2.05) is 98.8 Å². The summed E-state index contributed by atoms with van der Waals surface area (Å²) in [6, 6.07) is 19.0. The Labute approximate surface area is 696 Å². The van der Waals surface area contributed by atoms with Gasteiger partial charge in [-0.25, -0.2) is 9.78 Å². The molecule has 0 saturated carbocycles. The van der Waals surface area contributed by atoms with Gasteiger partial charge in [-0.2, -0.15) is 0 Å². The van der Waals surface area contributed by atoms with Crippen LogP contribution < -0.4 is 59.3 Å². The number of rotatable bonds is 40. The number of fused-ring (bicyclic) bond motifs is 4. The van der Waals surface area contributed by atoms with E-state index >= 15 is 24.0 Å². The lowest BCUT2D eigenvalue weighted by molar-refractivity contribution is -0.149. The van der Waals surface area contributed by atoms with Crippen LogP contribution in [0.25, 0.3) is 43.6 Å². The van der Waals surface area contributed by atoms with Gasteiger partial charge in [-0.05, 0) is 141 Å². The number of nitrogens with one attached hydrogen (secondary N) is 14. The highest BCUT2D eigenvalue weighted by molar-refractivity contribution is 6.01. The molecule has 121 heavy (non-hydrogen) atoms. The van der Waals surface area contributed by atoms with Gasteiger partial charge in [0, 0.05) is 125 Å². The summed E-state index contributed by atoms with van der Waals surface area (Å²) in [5, 5.41) is 58.7. The number of aromatic nitrogens is 6. The molecule has 12 rings (SSSR count). The number of carbonyl (C=O) groups is 12. The number of benzene rings is 5. The molecule has 2 aliphatic rings. The standard InChI is InChI=1S/C87H105N19O15/c1-48(2)34-67(78(111)96-49(3)85(118)106-33-15-26-75(106)87(120)121)98-79(112)68(36-51-41-91-62-20-8-4-16-57(51)62)99-80(113)69(37-52-42-92-63-21-9-5-17-58(52)63)100-81(114)70(38-53-43-93-64-22-10-6-18-59(53)64)101-82(115)71(40-55-45-90-47-95-55)102-77(110)66(24-12-13-31-88)97-83(116)73(46-107)104-84(117)74-25-14-32-105(74)86(119)72(39-54-44-94-65-23-11-7-19-60(54)65)103-76(109)61(89)35-50-27-29-56(108)30-28-50/h4-11,16-23,27-30,41-45,47-49,61,66-75,91-94,107-108H,12-15,24-26,31-40,46,88-89H2,1-3H3,(H,90,95)(H,96,111)(H,97,116)(H,98,112)(H,99,113)(H,100,114)(H,101,115)(H,102,110)(H,103,109)(H,104,117)(H,120,121)/t49-,61-,66-,67-,68-,69-,70-,71-,72-,73-,74-,75-/m0/s1. The lowest BCUT2D eigenvalue weighted by Crippen LogP contribution is -2.61. The fourth-order valence-corrected chi connectivity index (χ4v) is 16.0. The Bertz CT molecular complexity index is 5350. The zero-order valence-electron chi connectivity index (χ0n) is 67.5. The second-order valence-electron chi connectivity index (χ2n) is 31.5. The minimum Gasteiger partial charge on any atom is -0.508 e. The summed E-state index contributed by atoms with van der Waals surface area (Å²) >= 11 is 0. The van der Waals surface area contributed by atoms with Gasteiger partial charge in [0.2, 0.25) is 65.0 Å². The number of nitrogens with two attached hydrogens (primary N) is 2. The third kappa shape index (κ3) is 22.0. The summed E-state index contributed by atoms with van der Waals surface area (Å²) < 4.78 is 0. The lowest BCUT2D eigenvalue weighted by atomic mass is 9.99. The highest BCUT2D eigenvalue weighted by Crippen LogP contribution is 2.28. The van der Waals surface area contributed by atoms with Gasteiger partial charge in [-0.15, -0.1) is 0 Å². The zero-order valence-corrected chi connectivity index (χ0v) is 67.5. The van der Waals surface area contributed by atoms with Crippen LogP contribution in [0.2, 0.25) is 0 Å². The summed E-state index contributed by atoms with van der Waals surface area (Å²) in [5.74, 6) is -10.2. The number of likely N-dealkylation sites (tertiary alicyclic amines) is 2. The number of carbonyl (C=O) groups excluding carboxylic acids is 11. The number of carboxylic acid groups (broad SMARTS) is 1. The zero-order chi connectivity index (χ0) is 86.0. The number of hydrogen-bond acceptors (Lipinski definition) is 17. The molecule has 21 N–H and O–H groups in total. The fourth-order valence-electron chi connectivity index (χ4n) is 16.0. The number of phenols is 1. The topological polar surface area (TPSA) is 524 Å². The Morgan fingerprint density at radius 1 is 0.455 bits per heavy atom. The second-order valence-corrected chi connectivity index (χ2v) is 31.5. The van der Waals surface area contributed by atoms with Crippen LogP contribution in [0.1, 0.15) is 106 Å². The predicted octanol–water partition coefficient (Wildman–Crippen LogP) is 2.74. The number of hydrogen-bond donors (Lipinski definition) is 19. The van der Waals surface area contributed by atoms with Crippen LogP contribution >= 0.6 is 0 Å².